The molecule has 288 valence electrons. The van der Waals surface area contributed by atoms with E-state index in [1.165, 1.54) is 19.1 Å². The minimum atomic E-state index is -1.10. The SMILES string of the molecule is CC(=O)CC[C@H](CC(=O)COCCOCCCC(=O)COCCOCCCC(=O)CCCCCCCCCOc1ccc(C(=O)O)cc1)C(=O)O. The van der Waals surface area contributed by atoms with Gasteiger partial charge >= 0.3 is 11.9 Å². The van der Waals surface area contributed by atoms with Gasteiger partial charge in [-0.1, -0.05) is 32.1 Å². The molecule has 0 fully saturated rings. The Hall–Kier alpha value is -3.52. The van der Waals surface area contributed by atoms with Crippen LogP contribution < -0.4 is 4.74 Å². The molecule has 1 atom stereocenters. The summed E-state index contributed by atoms with van der Waals surface area (Å²) in [6.07, 6.45) is 10.00. The fourth-order valence-corrected chi connectivity index (χ4v) is 4.97. The van der Waals surface area contributed by atoms with Crippen LogP contribution in [0.2, 0.25) is 0 Å². The van der Waals surface area contributed by atoms with E-state index in [2.05, 4.69) is 0 Å². The lowest BCUT2D eigenvalue weighted by Gasteiger charge is -2.11. The lowest BCUT2D eigenvalue weighted by molar-refractivity contribution is -0.144. The first-order valence-electron chi connectivity index (χ1n) is 18.1. The standard InChI is InChI=1S/C38H58O13/c1-30(39)14-15-32(38(45)46)27-35(42)29-50-26-24-48-21-10-13-34(41)28-49-25-23-47-20-9-12-33(40)11-7-5-3-2-4-6-8-22-51-36-18-16-31(17-19-36)37(43)44/h16-19,32H,2-15,20-29H2,1H3,(H,43,44)(H,45,46)/t32-/m1/s1. The first-order chi connectivity index (χ1) is 24.6. The summed E-state index contributed by atoms with van der Waals surface area (Å²) in [4.78, 5) is 69.1. The largest absolute Gasteiger partial charge is 0.494 e. The first kappa shape index (κ1) is 45.5. The number of carboxylic acid groups (broad SMARTS) is 2. The molecule has 0 amide bonds. The quantitative estimate of drug-likeness (QED) is 0.0806. The molecule has 1 aromatic carbocycles. The normalized spacial score (nSPS) is 11.6. The van der Waals surface area contributed by atoms with E-state index in [1.54, 1.807) is 12.1 Å². The molecule has 13 heteroatoms. The van der Waals surface area contributed by atoms with Crippen LogP contribution in [0.4, 0.5) is 0 Å². The van der Waals surface area contributed by atoms with Gasteiger partial charge in [-0.05, 0) is 63.3 Å². The van der Waals surface area contributed by atoms with Gasteiger partial charge in [0, 0.05) is 45.3 Å². The molecule has 0 radical (unpaired) electrons. The van der Waals surface area contributed by atoms with Crippen LogP contribution >= 0.6 is 0 Å². The molecule has 0 spiro atoms. The molecule has 0 saturated carbocycles. The second-order valence-electron chi connectivity index (χ2n) is 12.5. The van der Waals surface area contributed by atoms with Crippen molar-refractivity contribution in [1.82, 2.24) is 0 Å². The van der Waals surface area contributed by atoms with E-state index in [4.69, 9.17) is 28.8 Å². The molecule has 0 aliphatic heterocycles. The van der Waals surface area contributed by atoms with Gasteiger partial charge in [0.25, 0.3) is 0 Å². The third kappa shape index (κ3) is 26.9. The monoisotopic (exact) mass is 722 g/mol. The molecule has 0 saturated heterocycles. The second-order valence-corrected chi connectivity index (χ2v) is 12.5. The van der Waals surface area contributed by atoms with Crippen LogP contribution in [-0.2, 0) is 42.9 Å². The van der Waals surface area contributed by atoms with Gasteiger partial charge in [0.1, 0.15) is 30.5 Å². The number of rotatable bonds is 36. The van der Waals surface area contributed by atoms with Gasteiger partial charge in [-0.2, -0.15) is 0 Å². The Labute approximate surface area is 301 Å². The van der Waals surface area contributed by atoms with Crippen molar-refractivity contribution in [3.63, 3.8) is 0 Å². The number of hydrogen-bond acceptors (Lipinski definition) is 11. The summed E-state index contributed by atoms with van der Waals surface area (Å²) in [5.41, 5.74) is 0.244. The molecule has 0 aliphatic carbocycles. The van der Waals surface area contributed by atoms with Crippen LogP contribution in [0, 0.1) is 5.92 Å². The third-order valence-corrected chi connectivity index (χ3v) is 7.90. The molecule has 0 unspecified atom stereocenters. The summed E-state index contributed by atoms with van der Waals surface area (Å²) in [5, 5.41) is 18.1. The molecule has 0 bridgehead atoms. The van der Waals surface area contributed by atoms with Gasteiger partial charge < -0.3 is 38.7 Å². The van der Waals surface area contributed by atoms with Gasteiger partial charge in [0.15, 0.2) is 11.6 Å². The van der Waals surface area contributed by atoms with Crippen LogP contribution in [0.3, 0.4) is 0 Å². The van der Waals surface area contributed by atoms with Crippen LogP contribution in [0.25, 0.3) is 0 Å². The number of aromatic carboxylic acids is 1. The molecule has 1 rings (SSSR count). The molecule has 0 heterocycles. The van der Waals surface area contributed by atoms with Crippen molar-refractivity contribution < 1.29 is 62.7 Å². The van der Waals surface area contributed by atoms with Gasteiger partial charge in [-0.3, -0.25) is 19.2 Å². The molecule has 0 aliphatic rings. The maximum atomic E-state index is 12.1. The van der Waals surface area contributed by atoms with Crippen LogP contribution in [0.1, 0.15) is 114 Å². The van der Waals surface area contributed by atoms with Crippen molar-refractivity contribution in [3.8, 4) is 5.75 Å². The van der Waals surface area contributed by atoms with Crippen LogP contribution in [-0.4, -0.2) is 105 Å². The Morgan fingerprint density at radius 1 is 0.549 bits per heavy atom. The van der Waals surface area contributed by atoms with E-state index in [-0.39, 0.29) is 74.4 Å². The highest BCUT2D eigenvalue weighted by atomic mass is 16.5. The molecule has 51 heavy (non-hydrogen) atoms. The number of aliphatic carboxylic acids is 1. The zero-order valence-electron chi connectivity index (χ0n) is 30.2. The number of ether oxygens (including phenoxy) is 5. The summed E-state index contributed by atoms with van der Waals surface area (Å²) in [6.45, 7) is 3.65. The van der Waals surface area contributed by atoms with Crippen LogP contribution in [0.5, 0.6) is 5.75 Å². The van der Waals surface area contributed by atoms with Crippen molar-refractivity contribution in [1.29, 1.82) is 0 Å². The van der Waals surface area contributed by atoms with E-state index in [9.17, 15) is 33.9 Å². The highest BCUT2D eigenvalue weighted by Crippen LogP contribution is 2.15. The molecule has 0 aromatic heterocycles. The minimum absolute atomic E-state index is 0.00227. The van der Waals surface area contributed by atoms with Gasteiger partial charge in [0.05, 0.1) is 44.5 Å². The molecule has 2 N–H and O–H groups in total. The maximum absolute atomic E-state index is 12.1. The Kier molecular flexibility index (Phi) is 26.9. The number of carbonyl (C=O) groups excluding carboxylic acids is 4. The van der Waals surface area contributed by atoms with Crippen LogP contribution in [0.15, 0.2) is 24.3 Å². The van der Waals surface area contributed by atoms with Crippen molar-refractivity contribution in [2.75, 3.05) is 59.5 Å². The summed E-state index contributed by atoms with van der Waals surface area (Å²) < 4.78 is 27.1. The Morgan fingerprint density at radius 3 is 1.63 bits per heavy atom. The first-order valence-corrected chi connectivity index (χ1v) is 18.1. The fraction of sp³-hybridized carbons (Fsp3) is 0.684. The number of ketones is 4. The Bertz CT molecular complexity index is 1150. The number of carbonyl (C=O) groups is 6. The molecular weight excluding hydrogens is 664 g/mol. The van der Waals surface area contributed by atoms with E-state index >= 15 is 0 Å². The van der Waals surface area contributed by atoms with Crippen molar-refractivity contribution >= 4 is 35.1 Å². The maximum Gasteiger partial charge on any atom is 0.335 e. The Morgan fingerprint density at radius 2 is 1.06 bits per heavy atom. The molecule has 1 aromatic rings. The second kappa shape index (κ2) is 30.1. The lowest BCUT2D eigenvalue weighted by atomic mass is 9.96. The topological polar surface area (TPSA) is 189 Å². The number of Topliss-reactive ketones (excluding diaryl/α,β-unsaturated/α-hetero) is 4. The highest BCUT2D eigenvalue weighted by molar-refractivity contribution is 5.87. The van der Waals surface area contributed by atoms with Gasteiger partial charge in [-0.25, -0.2) is 4.79 Å². The lowest BCUT2D eigenvalue weighted by Crippen LogP contribution is -2.22. The summed E-state index contributed by atoms with van der Waals surface area (Å²) in [7, 11) is 0. The zero-order chi connectivity index (χ0) is 37.5. The van der Waals surface area contributed by atoms with Gasteiger partial charge in [-0.15, -0.1) is 0 Å². The zero-order valence-corrected chi connectivity index (χ0v) is 30.2. The third-order valence-electron chi connectivity index (χ3n) is 7.90. The van der Waals surface area contributed by atoms with Crippen molar-refractivity contribution in [2.24, 2.45) is 5.92 Å². The molecule has 13 nitrogen and oxygen atoms in total. The molecular formula is C38H58O13. The number of hydrogen-bond donors (Lipinski definition) is 2. The highest BCUT2D eigenvalue weighted by Gasteiger charge is 2.21. The predicted molar refractivity (Wildman–Crippen MR) is 188 cm³/mol. The number of carboxylic acids is 2. The predicted octanol–water partition coefficient (Wildman–Crippen LogP) is 5.68. The average Bonchev–Trinajstić information content (AvgIpc) is 3.09. The van der Waals surface area contributed by atoms with Crippen molar-refractivity contribution in [2.45, 2.75) is 103 Å². The fourth-order valence-electron chi connectivity index (χ4n) is 4.97. The summed E-state index contributed by atoms with van der Waals surface area (Å²) in [5.74, 6) is -2.52. The van der Waals surface area contributed by atoms with E-state index in [1.807, 2.05) is 0 Å². The average molecular weight is 723 g/mol. The van der Waals surface area contributed by atoms with Gasteiger partial charge in [0.2, 0.25) is 0 Å². The number of unbranched alkanes of at least 4 members (excludes halogenated alkanes) is 6. The van der Waals surface area contributed by atoms with E-state index in [0.717, 1.165) is 44.9 Å². The number of benzene rings is 1. The minimum Gasteiger partial charge on any atom is -0.494 e. The van der Waals surface area contributed by atoms with E-state index in [0.29, 0.717) is 70.9 Å². The van der Waals surface area contributed by atoms with Crippen molar-refractivity contribution in [3.05, 3.63) is 29.8 Å². The van der Waals surface area contributed by atoms with E-state index < -0.39 is 17.9 Å². The smallest absolute Gasteiger partial charge is 0.335 e. The summed E-state index contributed by atoms with van der Waals surface area (Å²) >= 11 is 0. The summed E-state index contributed by atoms with van der Waals surface area (Å²) in [6, 6.07) is 6.42. The Balaban J connectivity index is 1.83.